The molecule has 4 rings (SSSR count). The van der Waals surface area contributed by atoms with E-state index in [1.54, 1.807) is 22.8 Å². The summed E-state index contributed by atoms with van der Waals surface area (Å²) in [6.07, 6.45) is 0. The van der Waals surface area contributed by atoms with Gasteiger partial charge in [0.05, 0.1) is 22.7 Å². The van der Waals surface area contributed by atoms with Crippen molar-refractivity contribution in [2.75, 3.05) is 0 Å². The van der Waals surface area contributed by atoms with Crippen LogP contribution in [0.1, 0.15) is 58.2 Å². The Hall–Kier alpha value is -3.71. The molecule has 0 fully saturated rings. The molecular formula is C30H31N3O3S. The van der Waals surface area contributed by atoms with E-state index in [0.717, 1.165) is 16.7 Å². The minimum atomic E-state index is -0.471. The maximum atomic E-state index is 13.6. The van der Waals surface area contributed by atoms with E-state index in [4.69, 9.17) is 4.98 Å². The highest BCUT2D eigenvalue weighted by Crippen LogP contribution is 2.26. The monoisotopic (exact) mass is 513 g/mol. The molecule has 37 heavy (non-hydrogen) atoms. The van der Waals surface area contributed by atoms with Crippen LogP contribution in [-0.2, 0) is 6.54 Å². The highest BCUT2D eigenvalue weighted by Gasteiger charge is 2.22. The molecule has 0 unspecified atom stereocenters. The standard InChI is InChI=1S/C30H31N3O3S/c1-18(2)31-28(35)24-13-14-25-26(16-24)32-30(33(29(25)36)17-22-9-7-6-8-10-22)37-21(5)27(34)23-12-11-19(3)20(4)15-23/h6-16,18,21H,17H2,1-5H3,(H,31,35)/t21-/m1/s1. The molecule has 1 aromatic heterocycles. The first-order valence-electron chi connectivity index (χ1n) is 12.3. The number of hydrogen-bond acceptors (Lipinski definition) is 5. The van der Waals surface area contributed by atoms with Gasteiger partial charge in [0.2, 0.25) is 0 Å². The maximum absolute atomic E-state index is 13.6. The second-order valence-corrected chi connectivity index (χ2v) is 10.9. The molecular weight excluding hydrogens is 482 g/mol. The second-order valence-electron chi connectivity index (χ2n) is 9.55. The van der Waals surface area contributed by atoms with Crippen LogP contribution in [0, 0.1) is 13.8 Å². The van der Waals surface area contributed by atoms with E-state index in [1.807, 2.05) is 83.1 Å². The Balaban J connectivity index is 1.77. The van der Waals surface area contributed by atoms with Crippen LogP contribution in [-0.4, -0.2) is 32.5 Å². The third kappa shape index (κ3) is 6.00. The van der Waals surface area contributed by atoms with E-state index in [2.05, 4.69) is 5.32 Å². The predicted octanol–water partition coefficient (Wildman–Crippen LogP) is 5.56. The lowest BCUT2D eigenvalue weighted by Crippen LogP contribution is -2.30. The molecule has 0 aliphatic heterocycles. The first-order chi connectivity index (χ1) is 17.6. The molecule has 1 N–H and O–H groups in total. The van der Waals surface area contributed by atoms with E-state index in [1.165, 1.54) is 11.8 Å². The van der Waals surface area contributed by atoms with Crippen molar-refractivity contribution in [3.8, 4) is 0 Å². The number of nitrogens with one attached hydrogen (secondary N) is 1. The van der Waals surface area contributed by atoms with Crippen molar-refractivity contribution in [1.82, 2.24) is 14.9 Å². The summed E-state index contributed by atoms with van der Waals surface area (Å²) in [5.41, 5.74) is 4.42. The summed E-state index contributed by atoms with van der Waals surface area (Å²) in [6.45, 7) is 9.94. The van der Waals surface area contributed by atoms with E-state index in [0.29, 0.717) is 33.7 Å². The van der Waals surface area contributed by atoms with Gasteiger partial charge in [-0.2, -0.15) is 0 Å². The Bertz CT molecular complexity index is 1530. The Labute approximate surface area is 221 Å². The highest BCUT2D eigenvalue weighted by atomic mass is 32.2. The normalized spacial score (nSPS) is 12.1. The van der Waals surface area contributed by atoms with Gasteiger partial charge in [-0.15, -0.1) is 0 Å². The molecule has 0 radical (unpaired) electrons. The van der Waals surface area contributed by atoms with Crippen LogP contribution < -0.4 is 10.9 Å². The molecule has 0 saturated heterocycles. The van der Waals surface area contributed by atoms with Crippen LogP contribution in [0.2, 0.25) is 0 Å². The maximum Gasteiger partial charge on any atom is 0.262 e. The summed E-state index contributed by atoms with van der Waals surface area (Å²) in [6, 6.07) is 20.3. The molecule has 4 aromatic rings. The number of carbonyl (C=O) groups excluding carboxylic acids is 2. The van der Waals surface area contributed by atoms with E-state index < -0.39 is 5.25 Å². The molecule has 1 heterocycles. The van der Waals surface area contributed by atoms with Gasteiger partial charge in [0.25, 0.3) is 11.5 Å². The molecule has 6 nitrogen and oxygen atoms in total. The van der Waals surface area contributed by atoms with Gasteiger partial charge < -0.3 is 5.32 Å². The molecule has 190 valence electrons. The molecule has 3 aromatic carbocycles. The summed E-state index contributed by atoms with van der Waals surface area (Å²) in [5.74, 6) is -0.251. The summed E-state index contributed by atoms with van der Waals surface area (Å²) >= 11 is 1.26. The fraction of sp³-hybridized carbons (Fsp3) is 0.267. The van der Waals surface area contributed by atoms with Gasteiger partial charge in [-0.25, -0.2) is 4.98 Å². The predicted molar refractivity (Wildman–Crippen MR) is 150 cm³/mol. The van der Waals surface area contributed by atoms with Crippen molar-refractivity contribution in [2.24, 2.45) is 0 Å². The first-order valence-corrected chi connectivity index (χ1v) is 13.2. The number of ketones is 1. The van der Waals surface area contributed by atoms with Crippen molar-refractivity contribution in [2.45, 2.75) is 57.6 Å². The van der Waals surface area contributed by atoms with Gasteiger partial charge in [0.1, 0.15) is 0 Å². The molecule has 1 amide bonds. The number of benzene rings is 3. The number of thioether (sulfide) groups is 1. The molecule has 0 spiro atoms. The molecule has 7 heteroatoms. The summed E-state index contributed by atoms with van der Waals surface area (Å²) in [7, 11) is 0. The van der Waals surface area contributed by atoms with Crippen molar-refractivity contribution < 1.29 is 9.59 Å². The van der Waals surface area contributed by atoms with Crippen LogP contribution >= 0.6 is 11.8 Å². The van der Waals surface area contributed by atoms with Crippen molar-refractivity contribution in [3.05, 3.63) is 105 Å². The first kappa shape index (κ1) is 26.4. The zero-order valence-corrected chi connectivity index (χ0v) is 22.6. The van der Waals surface area contributed by atoms with Crippen LogP contribution in [0.5, 0.6) is 0 Å². The lowest BCUT2D eigenvalue weighted by atomic mass is 10.0. The van der Waals surface area contributed by atoms with Crippen molar-refractivity contribution in [3.63, 3.8) is 0 Å². The Morgan fingerprint density at radius 1 is 0.919 bits per heavy atom. The minimum Gasteiger partial charge on any atom is -0.350 e. The number of amides is 1. The summed E-state index contributed by atoms with van der Waals surface area (Å²) in [5, 5.41) is 3.26. The Kier molecular flexibility index (Phi) is 7.93. The average molecular weight is 514 g/mol. The number of carbonyl (C=O) groups is 2. The van der Waals surface area contributed by atoms with Crippen molar-refractivity contribution >= 4 is 34.4 Å². The van der Waals surface area contributed by atoms with Crippen LogP contribution in [0.3, 0.4) is 0 Å². The van der Waals surface area contributed by atoms with Crippen LogP contribution in [0.25, 0.3) is 10.9 Å². The van der Waals surface area contributed by atoms with E-state index in [-0.39, 0.29) is 23.3 Å². The molecule has 0 saturated carbocycles. The third-order valence-electron chi connectivity index (χ3n) is 6.23. The number of fused-ring (bicyclic) bond motifs is 1. The second kappa shape index (κ2) is 11.1. The number of aryl methyl sites for hydroxylation is 2. The third-order valence-corrected chi connectivity index (χ3v) is 7.32. The van der Waals surface area contributed by atoms with Crippen LogP contribution in [0.15, 0.2) is 76.7 Å². The Morgan fingerprint density at radius 2 is 1.62 bits per heavy atom. The quantitative estimate of drug-likeness (QED) is 0.189. The minimum absolute atomic E-state index is 0.0154. The molecule has 0 aliphatic rings. The van der Waals surface area contributed by atoms with Crippen LogP contribution in [0.4, 0.5) is 0 Å². The smallest absolute Gasteiger partial charge is 0.262 e. The fourth-order valence-electron chi connectivity index (χ4n) is 4.02. The summed E-state index contributed by atoms with van der Waals surface area (Å²) in [4.78, 5) is 44.3. The van der Waals surface area contributed by atoms with Gasteiger partial charge in [-0.1, -0.05) is 54.2 Å². The number of rotatable bonds is 8. The molecule has 0 aliphatic carbocycles. The van der Waals surface area contributed by atoms with Gasteiger partial charge in [-0.3, -0.25) is 19.0 Å². The number of Topliss-reactive ketones (excluding diaryl/α,β-unsaturated/α-hetero) is 1. The van der Waals surface area contributed by atoms with Gasteiger partial charge >= 0.3 is 0 Å². The molecule has 0 bridgehead atoms. The number of nitrogens with zero attached hydrogens (tertiary/aromatic N) is 2. The topological polar surface area (TPSA) is 81.1 Å². The zero-order valence-electron chi connectivity index (χ0n) is 21.7. The average Bonchev–Trinajstić information content (AvgIpc) is 2.87. The molecule has 1 atom stereocenters. The van der Waals surface area contributed by atoms with Gasteiger partial charge in [-0.05, 0) is 75.6 Å². The number of aromatic nitrogens is 2. The van der Waals surface area contributed by atoms with E-state index >= 15 is 0 Å². The fourth-order valence-corrected chi connectivity index (χ4v) is 5.01. The van der Waals surface area contributed by atoms with Gasteiger partial charge in [0, 0.05) is 17.2 Å². The summed E-state index contributed by atoms with van der Waals surface area (Å²) < 4.78 is 1.61. The lowest BCUT2D eigenvalue weighted by Gasteiger charge is -2.17. The SMILES string of the molecule is Cc1ccc(C(=O)[C@@H](C)Sc2nc3cc(C(=O)NC(C)C)ccc3c(=O)n2Cc2ccccc2)cc1C. The van der Waals surface area contributed by atoms with E-state index in [9.17, 15) is 14.4 Å². The lowest BCUT2D eigenvalue weighted by molar-refractivity contribution is 0.0942. The number of hydrogen-bond donors (Lipinski definition) is 1. The zero-order chi connectivity index (χ0) is 26.7. The largest absolute Gasteiger partial charge is 0.350 e. The Morgan fingerprint density at radius 3 is 2.30 bits per heavy atom. The van der Waals surface area contributed by atoms with Crippen molar-refractivity contribution in [1.29, 1.82) is 0 Å². The highest BCUT2D eigenvalue weighted by molar-refractivity contribution is 8.00. The van der Waals surface area contributed by atoms with Gasteiger partial charge in [0.15, 0.2) is 10.9 Å².